The molecule has 0 radical (unpaired) electrons. The van der Waals surface area contributed by atoms with Gasteiger partial charge < -0.3 is 48.7 Å². The highest BCUT2D eigenvalue weighted by Crippen LogP contribution is 2.64. The second-order valence-corrected chi connectivity index (χ2v) is 24.2. The van der Waals surface area contributed by atoms with Crippen molar-refractivity contribution >= 4 is 41.7 Å². The Hall–Kier alpha value is -6.43. The van der Waals surface area contributed by atoms with Crippen molar-refractivity contribution in [1.82, 2.24) is 5.32 Å². The van der Waals surface area contributed by atoms with Crippen LogP contribution < -0.4 is 5.32 Å². The minimum Gasteiger partial charge on any atom is -0.455 e. The average molecular weight is 1140 g/mol. The lowest BCUT2D eigenvalue weighted by molar-refractivity contribution is -0.346. The smallest absolute Gasteiger partial charge is 0.408 e. The number of hydrogen-bond acceptors (Lipinski definition) is 16. The van der Waals surface area contributed by atoms with Crippen LogP contribution in [0.5, 0.6) is 0 Å². The molecule has 17 nitrogen and oxygen atoms in total. The minimum atomic E-state index is -2.44. The molecule has 1 heterocycles. The summed E-state index contributed by atoms with van der Waals surface area (Å²) in [6.07, 6.45) is 17.0. The van der Waals surface area contributed by atoms with Gasteiger partial charge in [-0.25, -0.2) is 14.4 Å². The van der Waals surface area contributed by atoms with Crippen molar-refractivity contribution in [3.63, 3.8) is 0 Å². The van der Waals surface area contributed by atoms with Gasteiger partial charge in [0.25, 0.3) is 0 Å². The van der Waals surface area contributed by atoms with E-state index in [1.807, 2.05) is 12.2 Å². The highest BCUT2D eigenvalue weighted by atomic mass is 16.6. The van der Waals surface area contributed by atoms with Crippen molar-refractivity contribution in [3.05, 3.63) is 119 Å². The summed E-state index contributed by atoms with van der Waals surface area (Å²) in [4.78, 5) is 100. The zero-order chi connectivity index (χ0) is 60.2. The summed E-state index contributed by atoms with van der Waals surface area (Å²) < 4.78 is 43.0. The van der Waals surface area contributed by atoms with Crippen molar-refractivity contribution < 1.29 is 76.9 Å². The first-order chi connectivity index (χ1) is 38.7. The number of nitrogens with one attached hydrogen (secondary N) is 1. The third-order valence-corrected chi connectivity index (χ3v) is 16.2. The van der Waals surface area contributed by atoms with E-state index in [1.54, 1.807) is 73.6 Å². The molecule has 5 aliphatic rings. The van der Waals surface area contributed by atoms with Gasteiger partial charge in [0.15, 0.2) is 17.5 Å². The van der Waals surface area contributed by atoms with Crippen molar-refractivity contribution in [2.24, 2.45) is 22.7 Å². The molecule has 2 unspecified atom stereocenters. The lowest BCUT2D eigenvalue weighted by Crippen LogP contribution is -2.82. The number of carbonyl (C=O) groups excluding carboxylic acids is 7. The Labute approximate surface area is 483 Å². The number of rotatable bonds is 24. The van der Waals surface area contributed by atoms with Crippen LogP contribution in [0.2, 0.25) is 0 Å². The van der Waals surface area contributed by atoms with E-state index in [0.717, 1.165) is 32.6 Å². The fraction of sp³-hybridized carbons (Fsp3) is 0.585. The van der Waals surface area contributed by atoms with E-state index >= 15 is 9.59 Å². The van der Waals surface area contributed by atoms with E-state index in [1.165, 1.54) is 25.1 Å². The van der Waals surface area contributed by atoms with Crippen LogP contribution in [0.1, 0.15) is 164 Å². The summed E-state index contributed by atoms with van der Waals surface area (Å²) >= 11 is 0. The van der Waals surface area contributed by atoms with Crippen LogP contribution in [0.4, 0.5) is 4.79 Å². The molecular weight excluding hydrogens is 1050 g/mol. The van der Waals surface area contributed by atoms with Crippen LogP contribution in [-0.4, -0.2) is 118 Å². The molecule has 17 heteroatoms. The largest absolute Gasteiger partial charge is 0.455 e. The van der Waals surface area contributed by atoms with E-state index in [9.17, 15) is 34.2 Å². The average Bonchev–Trinajstić information content (AvgIpc) is 0.962. The van der Waals surface area contributed by atoms with Crippen molar-refractivity contribution in [2.45, 2.75) is 213 Å². The van der Waals surface area contributed by atoms with Gasteiger partial charge in [-0.05, 0) is 130 Å². The molecule has 1 aliphatic heterocycles. The fourth-order valence-electron chi connectivity index (χ4n) is 11.8. The zero-order valence-electron chi connectivity index (χ0n) is 49.7. The summed E-state index contributed by atoms with van der Waals surface area (Å²) in [5.74, 6) is -7.36. The predicted molar refractivity (Wildman–Crippen MR) is 306 cm³/mol. The maximum Gasteiger partial charge on any atom is 0.408 e. The molecular formula is C65H87NO16. The Morgan fingerprint density at radius 3 is 1.98 bits per heavy atom. The maximum absolute atomic E-state index is 16.0. The number of benzene rings is 1. The number of alkyl carbamates (subject to hydrolysis) is 1. The maximum atomic E-state index is 16.0. The first-order valence-electron chi connectivity index (χ1n) is 28.9. The van der Waals surface area contributed by atoms with E-state index in [0.29, 0.717) is 37.7 Å². The van der Waals surface area contributed by atoms with Gasteiger partial charge in [-0.2, -0.15) is 0 Å². The van der Waals surface area contributed by atoms with Gasteiger partial charge in [-0.1, -0.05) is 111 Å². The molecule has 0 aromatic heterocycles. The molecule has 3 saturated carbocycles. The van der Waals surface area contributed by atoms with E-state index in [-0.39, 0.29) is 36.2 Å². The standard InChI is InChI=1S/C65H87NO16/c1-12-13-14-15-16-17-18-19-20-21-22-23-24-25-26-27-31-34-50(69)78-52(46(37-41(2)3)66-60(74)82-61(6,7)8)59(73)77-47-39-65(75)56(80-58(72)44-32-29-28-30-33-44)54-63(11,48(68)38-49-64(54,40-76-49)81-43(5)67)55(70)53(79-57(71)45-35-36-45)51(42(47)4)62(65,9)10/h13-14,16-17,19-20,22-23,25-26,28-30,32-33,37,45-49,52-54,56,68,75H,12,15,18,21,24,27,31,34-36,38-40H2,1-11H3,(H,66,74)/b14-13-,17-16-,20-19-,23-22-,26-25-/t46-,47-,48-,49+,52+,53+,54?,56?,63+,64-,65+/m0/s1. The van der Waals surface area contributed by atoms with E-state index < -0.39 is 130 Å². The Balaban J connectivity index is 1.36. The Morgan fingerprint density at radius 2 is 1.44 bits per heavy atom. The second kappa shape index (κ2) is 27.8. The van der Waals surface area contributed by atoms with Crippen LogP contribution >= 0.6 is 0 Å². The number of ketones is 1. The molecule has 1 saturated heterocycles. The third-order valence-electron chi connectivity index (χ3n) is 16.2. The molecule has 3 N–H and O–H groups in total. The lowest BCUT2D eigenvalue weighted by Gasteiger charge is -2.67. The molecule has 1 aromatic carbocycles. The number of aliphatic hydroxyl groups excluding tert-OH is 1. The number of unbranched alkanes of at least 4 members (excludes halogenated alkanes) is 1. The SMILES string of the molecule is CC/C=C\C/C=C\C/C=C\C/C=C\C/C=C\CCCC(=O)O[C@@H](C(=O)O[C@H]1C[C@@]2(O)C(OC(=O)c3ccccc3)C3[C@](C)(C(=O)[C@H](OC(=O)C4CC4)C(=C1C)C2(C)C)[C@@H](O)C[C@H]1OC[C@@]31OC(C)=O)[C@H](C=C(C)C)NC(=O)OC(C)(C)C. The first-order valence-corrected chi connectivity index (χ1v) is 28.9. The first kappa shape index (κ1) is 64.7. The number of esters is 5. The molecule has 6 rings (SSSR count). The second-order valence-electron chi connectivity index (χ2n) is 24.2. The third kappa shape index (κ3) is 15.2. The quantitative estimate of drug-likeness (QED) is 0.0378. The van der Waals surface area contributed by atoms with Crippen LogP contribution in [0, 0.1) is 22.7 Å². The minimum absolute atomic E-state index is 0.00974. The summed E-state index contributed by atoms with van der Waals surface area (Å²) in [5.41, 5.74) is -8.15. The van der Waals surface area contributed by atoms with E-state index in [4.69, 9.17) is 33.2 Å². The molecule has 448 valence electrons. The number of carbonyl (C=O) groups is 7. The van der Waals surface area contributed by atoms with Gasteiger partial charge in [0.2, 0.25) is 6.10 Å². The lowest BCUT2D eigenvalue weighted by atomic mass is 9.44. The highest BCUT2D eigenvalue weighted by molar-refractivity contribution is 5.96. The summed E-state index contributed by atoms with van der Waals surface area (Å²) in [7, 11) is 0. The van der Waals surface area contributed by atoms with Crippen molar-refractivity contribution in [2.75, 3.05) is 6.61 Å². The summed E-state index contributed by atoms with van der Waals surface area (Å²) in [6.45, 7) is 17.5. The van der Waals surface area contributed by atoms with Crippen LogP contribution in [0.15, 0.2) is 114 Å². The summed E-state index contributed by atoms with van der Waals surface area (Å²) in [5, 5.41) is 29.1. The zero-order valence-corrected chi connectivity index (χ0v) is 49.7. The highest BCUT2D eigenvalue weighted by Gasteiger charge is 2.78. The van der Waals surface area contributed by atoms with Gasteiger partial charge in [-0.3, -0.25) is 19.2 Å². The van der Waals surface area contributed by atoms with Crippen LogP contribution in [0.25, 0.3) is 0 Å². The monoisotopic (exact) mass is 1140 g/mol. The molecule has 0 spiro atoms. The van der Waals surface area contributed by atoms with Gasteiger partial charge in [0, 0.05) is 31.6 Å². The van der Waals surface area contributed by atoms with Gasteiger partial charge in [0.1, 0.15) is 29.5 Å². The molecule has 82 heavy (non-hydrogen) atoms. The molecule has 1 aromatic rings. The molecule has 4 aliphatic carbocycles. The number of hydrogen-bond donors (Lipinski definition) is 3. The molecule has 11 atom stereocenters. The van der Waals surface area contributed by atoms with Gasteiger partial charge in [-0.15, -0.1) is 0 Å². The molecule has 1 amide bonds. The Morgan fingerprint density at radius 1 is 0.841 bits per heavy atom. The number of amides is 1. The van der Waals surface area contributed by atoms with Gasteiger partial charge >= 0.3 is 35.9 Å². The molecule has 4 fully saturated rings. The van der Waals surface area contributed by atoms with E-state index in [2.05, 4.69) is 60.8 Å². The molecule has 2 bridgehead atoms. The number of aliphatic hydroxyl groups is 2. The van der Waals surface area contributed by atoms with Gasteiger partial charge in [0.05, 0.1) is 41.6 Å². The predicted octanol–water partition coefficient (Wildman–Crippen LogP) is 10.3. The Kier molecular flexibility index (Phi) is 21.9. The summed E-state index contributed by atoms with van der Waals surface area (Å²) in [6, 6.07) is 6.51. The number of fused-ring (bicyclic) bond motifs is 5. The normalized spacial score (nSPS) is 28.5. The number of Topliss-reactive ketones (excluding diaryl/α,β-unsaturated/α-hetero) is 1. The number of allylic oxidation sites excluding steroid dienone is 11. The van der Waals surface area contributed by atoms with Crippen LogP contribution in [0.3, 0.4) is 0 Å². The van der Waals surface area contributed by atoms with Crippen molar-refractivity contribution in [3.8, 4) is 0 Å². The van der Waals surface area contributed by atoms with Crippen molar-refractivity contribution in [1.29, 1.82) is 0 Å². The fourth-order valence-corrected chi connectivity index (χ4v) is 11.8. The number of ether oxygens (including phenoxy) is 7. The topological polar surface area (TPSA) is 237 Å². The van der Waals surface area contributed by atoms with Crippen LogP contribution in [-0.2, 0) is 57.1 Å². The Bertz CT molecular complexity index is 2700.